The minimum absolute atomic E-state index is 0.308. The van der Waals surface area contributed by atoms with E-state index in [4.69, 9.17) is 4.74 Å². The third-order valence-corrected chi connectivity index (χ3v) is 6.33. The summed E-state index contributed by atoms with van der Waals surface area (Å²) in [5.41, 5.74) is -4.49. The van der Waals surface area contributed by atoms with Gasteiger partial charge in [0.1, 0.15) is 47.6 Å². The Morgan fingerprint density at radius 2 is 1.49 bits per heavy atom. The number of hydrogen-bond acceptors (Lipinski definition) is 12. The molecule has 1 aliphatic heterocycles. The maximum absolute atomic E-state index is 13.4. The summed E-state index contributed by atoms with van der Waals surface area (Å²) < 4.78 is 5.30. The van der Waals surface area contributed by atoms with Gasteiger partial charge >= 0.3 is 5.97 Å². The number of hydrogen-bond donors (Lipinski definition) is 9. The molecule has 0 bridgehead atoms. The molecule has 13 heteroatoms. The van der Waals surface area contributed by atoms with Gasteiger partial charge in [-0.25, -0.2) is 4.79 Å². The van der Waals surface area contributed by atoms with Crippen LogP contribution in [0.2, 0.25) is 0 Å². The highest BCUT2D eigenvalue weighted by atomic mass is 16.5. The fraction of sp³-hybridized carbons (Fsp3) is 0.318. The van der Waals surface area contributed by atoms with Crippen molar-refractivity contribution < 1.29 is 65.1 Å². The summed E-state index contributed by atoms with van der Waals surface area (Å²) in [7, 11) is 0. The molecule has 1 heterocycles. The van der Waals surface area contributed by atoms with Crippen molar-refractivity contribution in [3.63, 3.8) is 0 Å². The summed E-state index contributed by atoms with van der Waals surface area (Å²) in [5.74, 6) is -8.24. The highest BCUT2D eigenvalue weighted by molar-refractivity contribution is 6.31. The van der Waals surface area contributed by atoms with Crippen molar-refractivity contribution in [1.82, 2.24) is 0 Å². The summed E-state index contributed by atoms with van der Waals surface area (Å²) in [6, 6.07) is 0.716. The minimum atomic E-state index is -2.03. The summed E-state index contributed by atoms with van der Waals surface area (Å²) in [5, 5.41) is 91.5. The van der Waals surface area contributed by atoms with E-state index in [1.807, 2.05) is 0 Å². The second-order valence-corrected chi connectivity index (χ2v) is 8.24. The van der Waals surface area contributed by atoms with Gasteiger partial charge in [-0.2, -0.15) is 0 Å². The zero-order valence-corrected chi connectivity index (χ0v) is 17.8. The number of carboxylic acids is 1. The summed E-state index contributed by atoms with van der Waals surface area (Å²) >= 11 is 0. The lowest BCUT2D eigenvalue weighted by molar-refractivity contribution is -0.232. The third kappa shape index (κ3) is 3.25. The fourth-order valence-corrected chi connectivity index (χ4v) is 4.58. The predicted octanol–water partition coefficient (Wildman–Crippen LogP) is -1.19. The van der Waals surface area contributed by atoms with Crippen LogP contribution in [-0.2, 0) is 4.74 Å². The van der Waals surface area contributed by atoms with Crippen LogP contribution < -0.4 is 0 Å². The van der Waals surface area contributed by atoms with E-state index in [-0.39, 0.29) is 5.56 Å². The summed E-state index contributed by atoms with van der Waals surface area (Å²) in [6.45, 7) is 0.291. The van der Waals surface area contributed by atoms with Crippen LogP contribution in [0.5, 0.6) is 23.0 Å². The molecule has 0 radical (unpaired) electrons. The molecule has 4 rings (SSSR count). The molecule has 5 atom stereocenters. The SMILES string of the molecule is Cc1c(C(=O)O)c(O)cc2c1C(=O)c1c(O)c(C3O[C@H](CO)[C@@H](O)[C@H](O)[C@H]3O)c(O)c(O)c1C2=O. The van der Waals surface area contributed by atoms with E-state index in [2.05, 4.69) is 0 Å². The van der Waals surface area contributed by atoms with Crippen LogP contribution in [-0.4, -0.2) is 94.5 Å². The molecule has 0 spiro atoms. The van der Waals surface area contributed by atoms with Crippen LogP contribution in [0.3, 0.4) is 0 Å². The molecule has 13 nitrogen and oxygen atoms in total. The smallest absolute Gasteiger partial charge is 0.339 e. The lowest BCUT2D eigenvalue weighted by Crippen LogP contribution is -2.55. The Balaban J connectivity index is 1.99. The van der Waals surface area contributed by atoms with Crippen molar-refractivity contribution in [2.75, 3.05) is 6.61 Å². The van der Waals surface area contributed by atoms with E-state index in [0.717, 1.165) is 6.92 Å². The second-order valence-electron chi connectivity index (χ2n) is 8.24. The van der Waals surface area contributed by atoms with Crippen molar-refractivity contribution in [2.24, 2.45) is 0 Å². The standard InChI is InChI=1S/C22H20O13/c1-4-8-5(2-6(24)9(4)22(33)34)13(25)10-11(15(8)27)16(28)12(18(30)17(10)29)21-20(32)19(31)14(26)7(3-23)35-21/h2,7,14,19-21,23-24,26,28-32H,3H2,1H3,(H,33,34)/t7-,14-,19+,20-,21?/m1/s1. The Bertz CT molecular complexity index is 1300. The van der Waals surface area contributed by atoms with Gasteiger partial charge in [0.15, 0.2) is 23.1 Å². The number of aromatic carboxylic acids is 1. The number of rotatable bonds is 3. The zero-order chi connectivity index (χ0) is 26.1. The van der Waals surface area contributed by atoms with Crippen molar-refractivity contribution in [3.05, 3.63) is 45.0 Å². The Hall–Kier alpha value is -3.75. The number of carboxylic acid groups (broad SMARTS) is 1. The number of fused-ring (bicyclic) bond motifs is 2. The van der Waals surface area contributed by atoms with Gasteiger partial charge in [-0.05, 0) is 18.6 Å². The molecular weight excluding hydrogens is 472 g/mol. The number of aromatic hydroxyl groups is 4. The van der Waals surface area contributed by atoms with Gasteiger partial charge in [0.25, 0.3) is 0 Å². The first-order chi connectivity index (χ1) is 16.3. The van der Waals surface area contributed by atoms with Crippen LogP contribution in [0.4, 0.5) is 0 Å². The molecule has 2 aliphatic rings. The van der Waals surface area contributed by atoms with Gasteiger partial charge in [0.2, 0.25) is 0 Å². The minimum Gasteiger partial charge on any atom is -0.507 e. The average Bonchev–Trinajstić information content (AvgIpc) is 2.79. The Labute approximate surface area is 195 Å². The van der Waals surface area contributed by atoms with E-state index >= 15 is 0 Å². The maximum Gasteiger partial charge on any atom is 0.339 e. The van der Waals surface area contributed by atoms with Gasteiger partial charge in [0, 0.05) is 11.1 Å². The first-order valence-electron chi connectivity index (χ1n) is 10.2. The van der Waals surface area contributed by atoms with E-state index in [9.17, 15) is 60.3 Å². The van der Waals surface area contributed by atoms with Crippen LogP contribution in [0, 0.1) is 6.92 Å². The second kappa shape index (κ2) is 8.18. The summed E-state index contributed by atoms with van der Waals surface area (Å²) in [4.78, 5) is 38.1. The number of benzene rings is 2. The van der Waals surface area contributed by atoms with E-state index in [1.54, 1.807) is 0 Å². The number of aliphatic hydroxyl groups excluding tert-OH is 4. The topological polar surface area (TPSA) is 243 Å². The number of ketones is 2. The van der Waals surface area contributed by atoms with Gasteiger partial charge in [-0.1, -0.05) is 0 Å². The van der Waals surface area contributed by atoms with Crippen LogP contribution in [0.1, 0.15) is 59.4 Å². The number of carbonyl (C=O) groups is 3. The summed E-state index contributed by atoms with van der Waals surface area (Å²) in [6.07, 6.45) is -9.12. The molecule has 0 amide bonds. The Morgan fingerprint density at radius 1 is 0.886 bits per heavy atom. The molecule has 1 unspecified atom stereocenters. The van der Waals surface area contributed by atoms with Crippen molar-refractivity contribution >= 4 is 17.5 Å². The van der Waals surface area contributed by atoms with Crippen LogP contribution in [0.25, 0.3) is 0 Å². The molecule has 186 valence electrons. The molecule has 1 aliphatic carbocycles. The van der Waals surface area contributed by atoms with Gasteiger partial charge in [-0.3, -0.25) is 9.59 Å². The highest BCUT2D eigenvalue weighted by Gasteiger charge is 2.48. The van der Waals surface area contributed by atoms with Gasteiger partial charge in [0.05, 0.1) is 23.3 Å². The van der Waals surface area contributed by atoms with Crippen molar-refractivity contribution in [2.45, 2.75) is 37.4 Å². The van der Waals surface area contributed by atoms with E-state index < -0.39 is 111 Å². The first kappa shape index (κ1) is 24.4. The van der Waals surface area contributed by atoms with Gasteiger partial charge < -0.3 is 50.7 Å². The van der Waals surface area contributed by atoms with Crippen LogP contribution >= 0.6 is 0 Å². The number of carbonyl (C=O) groups excluding carboxylic acids is 2. The number of aliphatic hydroxyl groups is 4. The lowest BCUT2D eigenvalue weighted by atomic mass is 9.77. The fourth-order valence-electron chi connectivity index (χ4n) is 4.58. The molecule has 2 aromatic rings. The zero-order valence-electron chi connectivity index (χ0n) is 17.8. The largest absolute Gasteiger partial charge is 0.507 e. The van der Waals surface area contributed by atoms with E-state index in [0.29, 0.717) is 6.07 Å². The third-order valence-electron chi connectivity index (χ3n) is 6.33. The number of phenols is 4. The highest BCUT2D eigenvalue weighted by Crippen LogP contribution is 2.52. The number of ether oxygens (including phenoxy) is 1. The Kier molecular flexibility index (Phi) is 5.70. The monoisotopic (exact) mass is 492 g/mol. The maximum atomic E-state index is 13.4. The Morgan fingerprint density at radius 3 is 2.06 bits per heavy atom. The molecule has 35 heavy (non-hydrogen) atoms. The molecule has 9 N–H and O–H groups in total. The van der Waals surface area contributed by atoms with Crippen LogP contribution in [0.15, 0.2) is 6.07 Å². The first-order valence-corrected chi connectivity index (χ1v) is 10.2. The van der Waals surface area contributed by atoms with Gasteiger partial charge in [-0.15, -0.1) is 0 Å². The van der Waals surface area contributed by atoms with Crippen molar-refractivity contribution in [3.8, 4) is 23.0 Å². The van der Waals surface area contributed by atoms with E-state index in [1.165, 1.54) is 0 Å². The van der Waals surface area contributed by atoms with Crippen molar-refractivity contribution in [1.29, 1.82) is 0 Å². The number of phenolic OH excluding ortho intramolecular Hbond substituents is 3. The normalized spacial score (nSPS) is 25.8. The molecule has 0 aromatic heterocycles. The molecule has 1 saturated heterocycles. The average molecular weight is 492 g/mol. The molecule has 1 fully saturated rings. The molecule has 2 aromatic carbocycles. The molecule has 0 saturated carbocycles. The lowest BCUT2D eigenvalue weighted by Gasteiger charge is -2.40. The molecular formula is C22H20O13. The quantitative estimate of drug-likeness (QED) is 0.154. The predicted molar refractivity (Wildman–Crippen MR) is 111 cm³/mol.